The van der Waals surface area contributed by atoms with Crippen LogP contribution in [0.2, 0.25) is 0 Å². The molecule has 0 aliphatic carbocycles. The lowest BCUT2D eigenvalue weighted by Crippen LogP contribution is -2.18. The van der Waals surface area contributed by atoms with Gasteiger partial charge in [0.15, 0.2) is 0 Å². The molecule has 2 aromatic rings. The van der Waals surface area contributed by atoms with Crippen molar-refractivity contribution < 1.29 is 13.2 Å². The highest BCUT2D eigenvalue weighted by molar-refractivity contribution is 9.10. The van der Waals surface area contributed by atoms with E-state index in [-0.39, 0.29) is 4.90 Å². The van der Waals surface area contributed by atoms with E-state index in [0.29, 0.717) is 12.5 Å². The van der Waals surface area contributed by atoms with E-state index in [4.69, 9.17) is 4.74 Å². The smallest absolute Gasteiger partial charge is 0.276 e. The Bertz CT molecular complexity index is 786. The van der Waals surface area contributed by atoms with Gasteiger partial charge in [-0.05, 0) is 60.0 Å². The molecule has 24 heavy (non-hydrogen) atoms. The van der Waals surface area contributed by atoms with Crippen LogP contribution in [0.4, 0.5) is 0 Å². The molecule has 0 saturated carbocycles. The molecule has 7 heteroatoms. The van der Waals surface area contributed by atoms with Gasteiger partial charge in [0.25, 0.3) is 10.0 Å². The number of hydrazone groups is 1. The topological polar surface area (TPSA) is 67.8 Å². The molecular formula is C17H19BrN2O3S. The van der Waals surface area contributed by atoms with Crippen molar-refractivity contribution in [3.8, 4) is 5.75 Å². The Morgan fingerprint density at radius 2 is 1.75 bits per heavy atom. The molecular weight excluding hydrogens is 392 g/mol. The van der Waals surface area contributed by atoms with Crippen LogP contribution in [0.3, 0.4) is 0 Å². The predicted octanol–water partition coefficient (Wildman–Crippen LogP) is 3.80. The van der Waals surface area contributed by atoms with E-state index in [1.54, 1.807) is 12.1 Å². The summed E-state index contributed by atoms with van der Waals surface area (Å²) in [5.41, 5.74) is 0.769. The van der Waals surface area contributed by atoms with Gasteiger partial charge in [-0.3, -0.25) is 0 Å². The molecule has 0 atom stereocenters. The molecule has 0 heterocycles. The van der Waals surface area contributed by atoms with Gasteiger partial charge in [0, 0.05) is 4.47 Å². The number of hydrogen-bond donors (Lipinski definition) is 1. The van der Waals surface area contributed by atoms with Crippen molar-refractivity contribution in [3.63, 3.8) is 0 Å². The minimum absolute atomic E-state index is 0.153. The van der Waals surface area contributed by atoms with E-state index in [1.165, 1.54) is 18.3 Å². The number of benzene rings is 2. The lowest BCUT2D eigenvalue weighted by atomic mass is 10.2. The monoisotopic (exact) mass is 410 g/mol. The van der Waals surface area contributed by atoms with Gasteiger partial charge in [-0.15, -0.1) is 0 Å². The minimum atomic E-state index is -3.67. The van der Waals surface area contributed by atoms with Crippen molar-refractivity contribution in [2.24, 2.45) is 11.0 Å². The van der Waals surface area contributed by atoms with Crippen LogP contribution in [-0.4, -0.2) is 21.2 Å². The van der Waals surface area contributed by atoms with Crippen LogP contribution in [0.5, 0.6) is 5.75 Å². The van der Waals surface area contributed by atoms with Crippen LogP contribution in [0.15, 0.2) is 63.0 Å². The van der Waals surface area contributed by atoms with E-state index in [2.05, 4.69) is 39.7 Å². The molecule has 0 fully saturated rings. The van der Waals surface area contributed by atoms with Gasteiger partial charge < -0.3 is 4.74 Å². The van der Waals surface area contributed by atoms with Crippen LogP contribution in [0.25, 0.3) is 0 Å². The van der Waals surface area contributed by atoms with E-state index in [9.17, 15) is 8.42 Å². The average molecular weight is 411 g/mol. The van der Waals surface area contributed by atoms with Crippen molar-refractivity contribution >= 4 is 32.2 Å². The van der Waals surface area contributed by atoms with E-state index >= 15 is 0 Å². The first kappa shape index (κ1) is 18.5. The summed E-state index contributed by atoms with van der Waals surface area (Å²) in [6.07, 6.45) is 1.45. The van der Waals surface area contributed by atoms with E-state index < -0.39 is 10.0 Å². The zero-order valence-corrected chi connectivity index (χ0v) is 15.8. The predicted molar refractivity (Wildman–Crippen MR) is 98.8 cm³/mol. The molecule has 0 amide bonds. The fourth-order valence-electron chi connectivity index (χ4n) is 1.75. The number of hydrogen-bond acceptors (Lipinski definition) is 4. The highest BCUT2D eigenvalue weighted by Crippen LogP contribution is 2.15. The molecule has 0 bridgehead atoms. The molecule has 0 aromatic heterocycles. The highest BCUT2D eigenvalue weighted by Gasteiger charge is 2.11. The third-order valence-corrected chi connectivity index (χ3v) is 4.74. The Hall–Kier alpha value is -1.86. The number of nitrogens with one attached hydrogen (secondary N) is 1. The first-order valence-electron chi connectivity index (χ1n) is 7.40. The first-order chi connectivity index (χ1) is 11.4. The van der Waals surface area contributed by atoms with E-state index in [0.717, 1.165) is 15.8 Å². The van der Waals surface area contributed by atoms with Crippen molar-refractivity contribution in [2.45, 2.75) is 18.7 Å². The summed E-state index contributed by atoms with van der Waals surface area (Å²) >= 11 is 3.27. The number of nitrogens with zero attached hydrogens (tertiary/aromatic N) is 1. The molecule has 128 valence electrons. The minimum Gasteiger partial charge on any atom is -0.493 e. The molecule has 1 N–H and O–H groups in total. The number of rotatable bonds is 7. The van der Waals surface area contributed by atoms with Crippen molar-refractivity contribution in [1.82, 2.24) is 4.83 Å². The Morgan fingerprint density at radius 3 is 2.33 bits per heavy atom. The van der Waals surface area contributed by atoms with E-state index in [1.807, 2.05) is 24.3 Å². The molecule has 0 saturated heterocycles. The van der Waals surface area contributed by atoms with Crippen molar-refractivity contribution in [3.05, 3.63) is 58.6 Å². The Balaban J connectivity index is 1.97. The highest BCUT2D eigenvalue weighted by atomic mass is 79.9. The van der Waals surface area contributed by atoms with Gasteiger partial charge in [-0.2, -0.15) is 13.5 Å². The van der Waals surface area contributed by atoms with Crippen LogP contribution < -0.4 is 9.57 Å². The summed E-state index contributed by atoms with van der Waals surface area (Å²) in [6, 6.07) is 13.6. The number of sulfonamides is 1. The largest absolute Gasteiger partial charge is 0.493 e. The molecule has 2 aromatic carbocycles. The van der Waals surface area contributed by atoms with Crippen LogP contribution in [-0.2, 0) is 10.0 Å². The third-order valence-electron chi connectivity index (χ3n) is 2.97. The third kappa shape index (κ3) is 5.65. The normalized spacial score (nSPS) is 11.8. The molecule has 0 aliphatic heterocycles. The van der Waals surface area contributed by atoms with Crippen LogP contribution >= 0.6 is 15.9 Å². The summed E-state index contributed by atoms with van der Waals surface area (Å²) in [6.45, 7) is 4.82. The molecule has 2 rings (SSSR count). The van der Waals surface area contributed by atoms with Crippen LogP contribution in [0, 0.1) is 5.92 Å². The summed E-state index contributed by atoms with van der Waals surface area (Å²) in [7, 11) is -3.67. The van der Waals surface area contributed by atoms with Crippen LogP contribution in [0.1, 0.15) is 19.4 Å². The zero-order valence-electron chi connectivity index (χ0n) is 13.4. The summed E-state index contributed by atoms with van der Waals surface area (Å²) < 4.78 is 30.6. The molecule has 5 nitrogen and oxygen atoms in total. The Labute approximate surface area is 150 Å². The number of ether oxygens (including phenoxy) is 1. The maximum Gasteiger partial charge on any atom is 0.276 e. The number of halogens is 1. The quantitative estimate of drug-likeness (QED) is 0.557. The summed E-state index contributed by atoms with van der Waals surface area (Å²) in [5, 5.41) is 3.80. The zero-order chi connectivity index (χ0) is 17.6. The molecule has 0 spiro atoms. The summed E-state index contributed by atoms with van der Waals surface area (Å²) in [4.78, 5) is 2.35. The lowest BCUT2D eigenvalue weighted by molar-refractivity contribution is 0.271. The van der Waals surface area contributed by atoms with Gasteiger partial charge in [-0.25, -0.2) is 4.83 Å². The summed E-state index contributed by atoms with van der Waals surface area (Å²) in [5.74, 6) is 1.23. The second-order valence-corrected chi connectivity index (χ2v) is 8.16. The maximum atomic E-state index is 12.1. The molecule has 0 aliphatic rings. The van der Waals surface area contributed by atoms with Gasteiger partial charge in [0.05, 0.1) is 17.7 Å². The Morgan fingerprint density at radius 1 is 1.12 bits per heavy atom. The lowest BCUT2D eigenvalue weighted by Gasteiger charge is -2.08. The fraction of sp³-hybridized carbons (Fsp3) is 0.235. The van der Waals surface area contributed by atoms with Gasteiger partial charge in [0.1, 0.15) is 5.75 Å². The fourth-order valence-corrected chi connectivity index (χ4v) is 2.81. The second-order valence-electron chi connectivity index (χ2n) is 5.58. The van der Waals surface area contributed by atoms with Crippen molar-refractivity contribution in [1.29, 1.82) is 0 Å². The SMILES string of the molecule is CC(C)COc1ccc(/C=N/NS(=O)(=O)c2ccc(Br)cc2)cc1. The second kappa shape index (κ2) is 8.30. The maximum absolute atomic E-state index is 12.1. The molecule has 0 unspecified atom stereocenters. The van der Waals surface area contributed by atoms with Gasteiger partial charge in [-0.1, -0.05) is 29.8 Å². The Kier molecular flexibility index (Phi) is 6.39. The first-order valence-corrected chi connectivity index (χ1v) is 9.68. The van der Waals surface area contributed by atoms with Gasteiger partial charge >= 0.3 is 0 Å². The van der Waals surface area contributed by atoms with Crippen molar-refractivity contribution in [2.75, 3.05) is 6.61 Å². The average Bonchev–Trinajstić information content (AvgIpc) is 2.54. The standard InChI is InChI=1S/C17H19BrN2O3S/c1-13(2)12-23-16-7-3-14(4-8-16)11-19-20-24(21,22)17-9-5-15(18)6-10-17/h3-11,13,20H,12H2,1-2H3/b19-11+. The van der Waals surface area contributed by atoms with Gasteiger partial charge in [0.2, 0.25) is 0 Å². The molecule has 0 radical (unpaired) electrons.